The molecule has 3 N–H and O–H groups in total. The van der Waals surface area contributed by atoms with Crippen LogP contribution in [0.5, 0.6) is 0 Å². The minimum atomic E-state index is -4.24. The molecule has 0 heterocycles. The monoisotopic (exact) mass is 398 g/mol. The molecule has 0 radical (unpaired) electrons. The van der Waals surface area contributed by atoms with Crippen LogP contribution in [0.15, 0.2) is 41.3 Å². The predicted molar refractivity (Wildman–Crippen MR) is 106 cm³/mol. The van der Waals surface area contributed by atoms with Crippen molar-refractivity contribution in [3.63, 3.8) is 0 Å². The molecule has 2 aromatic rings. The summed E-state index contributed by atoms with van der Waals surface area (Å²) in [5, 5.41) is 0.971. The van der Waals surface area contributed by atoms with Gasteiger partial charge in [0.25, 0.3) is 10.0 Å². The van der Waals surface area contributed by atoms with Crippen LogP contribution in [0.2, 0.25) is 0 Å². The van der Waals surface area contributed by atoms with Gasteiger partial charge in [-0.3, -0.25) is 0 Å². The summed E-state index contributed by atoms with van der Waals surface area (Å²) in [6.45, 7) is 2.11. The molecule has 0 aliphatic carbocycles. The van der Waals surface area contributed by atoms with Gasteiger partial charge in [0.15, 0.2) is 0 Å². The molecule has 2 rings (SSSR count). The fourth-order valence-corrected chi connectivity index (χ4v) is 6.26. The molecule has 0 aliphatic rings. The molecular weight excluding hydrogens is 372 g/mol. The number of fused-ring (bicyclic) bond motifs is 1. The largest absolute Gasteiger partial charge is 0.398 e. The van der Waals surface area contributed by atoms with Gasteiger partial charge in [-0.05, 0) is 23.9 Å². The molecule has 0 atom stereocenters. The Balaban J connectivity index is 2.13. The fraction of sp³-hybridized carbons (Fsp3) is 0.444. The van der Waals surface area contributed by atoms with E-state index in [-0.39, 0.29) is 16.3 Å². The number of rotatable bonds is 10. The minimum absolute atomic E-state index is 0.125. The Bertz CT molecular complexity index is 949. The summed E-state index contributed by atoms with van der Waals surface area (Å²) in [4.78, 5) is -0.125. The SMILES string of the molecule is CCCCCCCCS(=O)(=O)NS(=O)(=O)c1cccc2cccc(N)c12. The van der Waals surface area contributed by atoms with E-state index >= 15 is 0 Å². The molecule has 0 aliphatic heterocycles. The van der Waals surface area contributed by atoms with Crippen LogP contribution in [0, 0.1) is 0 Å². The van der Waals surface area contributed by atoms with Crippen molar-refractivity contribution in [3.8, 4) is 0 Å². The molecule has 6 nitrogen and oxygen atoms in total. The zero-order chi connectivity index (χ0) is 19.2. The van der Waals surface area contributed by atoms with Crippen LogP contribution in [0.4, 0.5) is 5.69 Å². The molecule has 8 heteroatoms. The van der Waals surface area contributed by atoms with Gasteiger partial charge in [0, 0.05) is 11.1 Å². The quantitative estimate of drug-likeness (QED) is 0.471. The highest BCUT2D eigenvalue weighted by Crippen LogP contribution is 2.28. The van der Waals surface area contributed by atoms with E-state index in [2.05, 4.69) is 6.92 Å². The second kappa shape index (κ2) is 8.83. The van der Waals surface area contributed by atoms with Gasteiger partial charge in [-0.15, -0.1) is 4.13 Å². The van der Waals surface area contributed by atoms with Gasteiger partial charge in [0.05, 0.1) is 10.6 Å². The van der Waals surface area contributed by atoms with Gasteiger partial charge < -0.3 is 5.73 Å². The van der Waals surface area contributed by atoms with Crippen molar-refractivity contribution in [1.29, 1.82) is 0 Å². The molecular formula is C18H26N2O4S2. The number of hydrogen-bond donors (Lipinski definition) is 2. The number of unbranched alkanes of at least 4 members (excludes halogenated alkanes) is 5. The zero-order valence-corrected chi connectivity index (χ0v) is 16.6. The Labute approximate surface area is 155 Å². The molecule has 0 fully saturated rings. The maximum absolute atomic E-state index is 12.6. The van der Waals surface area contributed by atoms with E-state index in [1.165, 1.54) is 6.07 Å². The van der Waals surface area contributed by atoms with E-state index < -0.39 is 20.0 Å². The number of hydrogen-bond acceptors (Lipinski definition) is 5. The number of anilines is 1. The lowest BCUT2D eigenvalue weighted by Crippen LogP contribution is -2.32. The summed E-state index contributed by atoms with van der Waals surface area (Å²) < 4.78 is 51.6. The van der Waals surface area contributed by atoms with E-state index in [4.69, 9.17) is 5.73 Å². The van der Waals surface area contributed by atoms with Gasteiger partial charge in [-0.1, -0.05) is 63.3 Å². The highest BCUT2D eigenvalue weighted by Gasteiger charge is 2.25. The van der Waals surface area contributed by atoms with Crippen LogP contribution in [-0.2, 0) is 20.0 Å². The Morgan fingerprint density at radius 2 is 1.50 bits per heavy atom. The van der Waals surface area contributed by atoms with Gasteiger partial charge in [-0.25, -0.2) is 16.8 Å². The van der Waals surface area contributed by atoms with E-state index in [1.54, 1.807) is 30.3 Å². The summed E-state index contributed by atoms with van der Waals surface area (Å²) >= 11 is 0. The zero-order valence-electron chi connectivity index (χ0n) is 14.9. The van der Waals surface area contributed by atoms with Crippen LogP contribution in [-0.4, -0.2) is 22.6 Å². The average molecular weight is 399 g/mol. The van der Waals surface area contributed by atoms with Crippen LogP contribution in [0.3, 0.4) is 0 Å². The number of nitrogens with two attached hydrogens (primary N) is 1. The maximum atomic E-state index is 12.6. The summed E-state index contributed by atoms with van der Waals surface area (Å²) in [7, 11) is -8.18. The van der Waals surface area contributed by atoms with Crippen LogP contribution in [0.1, 0.15) is 45.4 Å². The van der Waals surface area contributed by atoms with E-state index in [0.717, 1.165) is 32.1 Å². The Kier molecular flexibility index (Phi) is 7.02. The first-order valence-electron chi connectivity index (χ1n) is 8.80. The summed E-state index contributed by atoms with van der Waals surface area (Å²) in [5.41, 5.74) is 6.20. The summed E-state index contributed by atoms with van der Waals surface area (Å²) in [6.07, 6.45) is 5.47. The standard InChI is InChI=1S/C18H26N2O4S2/c1-2-3-4-5-6-7-14-25(21,22)20-26(23,24)17-13-9-11-15-10-8-12-16(19)18(15)17/h8-13,20H,2-7,14,19H2,1H3. The van der Waals surface area contributed by atoms with Crippen molar-refractivity contribution < 1.29 is 16.8 Å². The van der Waals surface area contributed by atoms with Gasteiger partial charge in [-0.2, -0.15) is 0 Å². The molecule has 0 amide bonds. The van der Waals surface area contributed by atoms with Gasteiger partial charge >= 0.3 is 0 Å². The van der Waals surface area contributed by atoms with Crippen molar-refractivity contribution in [2.75, 3.05) is 11.5 Å². The number of sulfonamides is 2. The van der Waals surface area contributed by atoms with Crippen molar-refractivity contribution in [2.45, 2.75) is 50.3 Å². The highest BCUT2D eigenvalue weighted by molar-refractivity contribution is 8.04. The second-order valence-electron chi connectivity index (χ2n) is 6.37. The summed E-state index contributed by atoms with van der Waals surface area (Å²) in [6, 6.07) is 9.70. The third-order valence-electron chi connectivity index (χ3n) is 4.19. The smallest absolute Gasteiger partial charge is 0.254 e. The molecule has 0 bridgehead atoms. The van der Waals surface area contributed by atoms with Crippen LogP contribution < -0.4 is 9.86 Å². The first kappa shape index (κ1) is 20.7. The number of nitrogen functional groups attached to an aromatic ring is 1. The lowest BCUT2D eigenvalue weighted by atomic mass is 10.1. The molecule has 0 aromatic heterocycles. The predicted octanol–water partition coefficient (Wildman–Crippen LogP) is 3.39. The van der Waals surface area contributed by atoms with Crippen molar-refractivity contribution in [2.24, 2.45) is 0 Å². The number of nitrogens with one attached hydrogen (secondary N) is 1. The van der Waals surface area contributed by atoms with Crippen molar-refractivity contribution in [1.82, 2.24) is 4.13 Å². The Morgan fingerprint density at radius 3 is 2.19 bits per heavy atom. The molecule has 0 spiro atoms. The van der Waals surface area contributed by atoms with Gasteiger partial charge in [0.2, 0.25) is 10.0 Å². The maximum Gasteiger partial charge on any atom is 0.254 e. The average Bonchev–Trinajstić information content (AvgIpc) is 2.57. The fourth-order valence-electron chi connectivity index (χ4n) is 2.88. The van der Waals surface area contributed by atoms with E-state index in [1.807, 2.05) is 4.13 Å². The van der Waals surface area contributed by atoms with Crippen molar-refractivity contribution in [3.05, 3.63) is 36.4 Å². The van der Waals surface area contributed by atoms with E-state index in [9.17, 15) is 16.8 Å². The lowest BCUT2D eigenvalue weighted by molar-refractivity contribution is 0.571. The highest BCUT2D eigenvalue weighted by atomic mass is 32.3. The van der Waals surface area contributed by atoms with Crippen molar-refractivity contribution >= 4 is 36.5 Å². The molecule has 0 unspecified atom stereocenters. The first-order valence-corrected chi connectivity index (χ1v) is 11.9. The number of benzene rings is 2. The van der Waals surface area contributed by atoms with Crippen LogP contribution in [0.25, 0.3) is 10.8 Å². The Hall–Kier alpha value is -1.64. The molecule has 0 saturated heterocycles. The second-order valence-corrected chi connectivity index (χ2v) is 10.1. The Morgan fingerprint density at radius 1 is 0.885 bits per heavy atom. The normalized spacial score (nSPS) is 12.5. The third-order valence-corrected chi connectivity index (χ3v) is 7.83. The minimum Gasteiger partial charge on any atom is -0.398 e. The van der Waals surface area contributed by atoms with E-state index in [0.29, 0.717) is 17.2 Å². The lowest BCUT2D eigenvalue weighted by Gasteiger charge is -2.11. The molecule has 26 heavy (non-hydrogen) atoms. The molecule has 144 valence electrons. The topological polar surface area (TPSA) is 106 Å². The third kappa shape index (κ3) is 5.43. The molecule has 2 aromatic carbocycles. The first-order chi connectivity index (χ1) is 12.3. The summed E-state index contributed by atoms with van der Waals surface area (Å²) in [5.74, 6) is -0.210. The molecule has 0 saturated carbocycles. The van der Waals surface area contributed by atoms with Crippen LogP contribution >= 0.6 is 0 Å². The van der Waals surface area contributed by atoms with Gasteiger partial charge in [0.1, 0.15) is 0 Å².